The van der Waals surface area contributed by atoms with Crippen LogP contribution in [0.2, 0.25) is 0 Å². The number of nitrogens with one attached hydrogen (secondary N) is 1. The molecule has 0 aliphatic heterocycles. The standard InChI is InChI=1S/C13H13ClN2O2/c1-2-18-11-5-3-4-9(6-11)12-15-8-10(7-14)13(17)16-12/h3-6,8H,2,7H2,1H3,(H,15,16,17). The number of halogens is 1. The number of benzene rings is 1. The summed E-state index contributed by atoms with van der Waals surface area (Å²) in [6.45, 7) is 2.51. The number of hydrogen-bond acceptors (Lipinski definition) is 3. The molecule has 0 saturated heterocycles. The zero-order valence-electron chi connectivity index (χ0n) is 9.94. The lowest BCUT2D eigenvalue weighted by molar-refractivity contribution is 0.340. The summed E-state index contributed by atoms with van der Waals surface area (Å²) >= 11 is 5.62. The van der Waals surface area contributed by atoms with Crippen LogP contribution in [0.3, 0.4) is 0 Å². The van der Waals surface area contributed by atoms with E-state index in [1.165, 1.54) is 6.20 Å². The molecule has 1 heterocycles. The Kier molecular flexibility index (Phi) is 3.99. The molecular formula is C13H13ClN2O2. The van der Waals surface area contributed by atoms with E-state index in [1.807, 2.05) is 31.2 Å². The van der Waals surface area contributed by atoms with Gasteiger partial charge in [0.2, 0.25) is 0 Å². The molecule has 2 rings (SSSR count). The smallest absolute Gasteiger partial charge is 0.255 e. The molecular weight excluding hydrogens is 252 g/mol. The summed E-state index contributed by atoms with van der Waals surface area (Å²) in [6, 6.07) is 7.41. The minimum atomic E-state index is -0.211. The number of ether oxygens (including phenoxy) is 1. The van der Waals surface area contributed by atoms with E-state index in [9.17, 15) is 4.79 Å². The Balaban J connectivity index is 2.39. The lowest BCUT2D eigenvalue weighted by Gasteiger charge is -2.05. The lowest BCUT2D eigenvalue weighted by atomic mass is 10.2. The Morgan fingerprint density at radius 1 is 1.44 bits per heavy atom. The third-order valence-corrected chi connectivity index (χ3v) is 2.72. The molecule has 1 N–H and O–H groups in total. The van der Waals surface area contributed by atoms with Crippen molar-refractivity contribution in [2.45, 2.75) is 12.8 Å². The normalized spacial score (nSPS) is 10.3. The van der Waals surface area contributed by atoms with Crippen molar-refractivity contribution in [1.82, 2.24) is 9.97 Å². The van der Waals surface area contributed by atoms with E-state index in [0.29, 0.717) is 18.0 Å². The van der Waals surface area contributed by atoms with Crippen LogP contribution in [0.15, 0.2) is 35.3 Å². The summed E-state index contributed by atoms with van der Waals surface area (Å²) in [5.41, 5.74) is 1.05. The van der Waals surface area contributed by atoms with Gasteiger partial charge >= 0.3 is 0 Å². The van der Waals surface area contributed by atoms with Gasteiger partial charge in [-0.15, -0.1) is 11.6 Å². The Morgan fingerprint density at radius 2 is 2.28 bits per heavy atom. The first-order valence-electron chi connectivity index (χ1n) is 5.62. The van der Waals surface area contributed by atoms with Gasteiger partial charge in [-0.3, -0.25) is 4.79 Å². The van der Waals surface area contributed by atoms with Crippen LogP contribution in [0, 0.1) is 0 Å². The Hall–Kier alpha value is -1.81. The Morgan fingerprint density at radius 3 is 2.94 bits per heavy atom. The predicted molar refractivity (Wildman–Crippen MR) is 71.0 cm³/mol. The van der Waals surface area contributed by atoms with Crippen molar-refractivity contribution in [3.8, 4) is 17.1 Å². The molecule has 0 amide bonds. The SMILES string of the molecule is CCOc1cccc(-c2ncc(CCl)c(=O)[nH]2)c1. The molecule has 0 radical (unpaired) electrons. The number of alkyl halides is 1. The van der Waals surface area contributed by atoms with E-state index in [0.717, 1.165) is 11.3 Å². The van der Waals surface area contributed by atoms with Crippen LogP contribution in [0.1, 0.15) is 12.5 Å². The number of aromatic nitrogens is 2. The highest BCUT2D eigenvalue weighted by Gasteiger charge is 2.05. The second kappa shape index (κ2) is 5.69. The van der Waals surface area contributed by atoms with E-state index < -0.39 is 0 Å². The summed E-state index contributed by atoms with van der Waals surface area (Å²) in [5, 5.41) is 0. The maximum Gasteiger partial charge on any atom is 0.255 e. The number of nitrogens with zero attached hydrogens (tertiary/aromatic N) is 1. The van der Waals surface area contributed by atoms with E-state index in [2.05, 4.69) is 9.97 Å². The maximum absolute atomic E-state index is 11.6. The molecule has 0 aliphatic rings. The second-order valence-corrected chi connectivity index (χ2v) is 3.95. The summed E-state index contributed by atoms with van der Waals surface area (Å²) in [6.07, 6.45) is 1.49. The molecule has 0 saturated carbocycles. The van der Waals surface area contributed by atoms with E-state index in [4.69, 9.17) is 16.3 Å². The van der Waals surface area contributed by atoms with E-state index in [-0.39, 0.29) is 11.4 Å². The molecule has 1 aromatic heterocycles. The molecule has 5 heteroatoms. The minimum absolute atomic E-state index is 0.154. The van der Waals surface area contributed by atoms with Crippen molar-refractivity contribution < 1.29 is 4.74 Å². The molecule has 94 valence electrons. The first kappa shape index (κ1) is 12.6. The highest BCUT2D eigenvalue weighted by atomic mass is 35.5. The molecule has 4 nitrogen and oxygen atoms in total. The molecule has 0 fully saturated rings. The fourth-order valence-electron chi connectivity index (χ4n) is 1.56. The summed E-state index contributed by atoms with van der Waals surface area (Å²) in [7, 11) is 0. The Bertz CT molecular complexity index is 596. The zero-order valence-corrected chi connectivity index (χ0v) is 10.7. The molecule has 1 aromatic carbocycles. The van der Waals surface area contributed by atoms with E-state index in [1.54, 1.807) is 0 Å². The van der Waals surface area contributed by atoms with Gasteiger partial charge in [0.05, 0.1) is 18.1 Å². The second-order valence-electron chi connectivity index (χ2n) is 3.68. The first-order valence-corrected chi connectivity index (χ1v) is 6.15. The third kappa shape index (κ3) is 2.71. The lowest BCUT2D eigenvalue weighted by Crippen LogP contribution is -2.13. The van der Waals surface area contributed by atoms with Gasteiger partial charge in [-0.05, 0) is 19.1 Å². The van der Waals surface area contributed by atoms with Gasteiger partial charge in [-0.25, -0.2) is 4.98 Å². The van der Waals surface area contributed by atoms with E-state index >= 15 is 0 Å². The van der Waals surface area contributed by atoms with Gasteiger partial charge < -0.3 is 9.72 Å². The van der Waals surface area contributed by atoms with Crippen LogP contribution < -0.4 is 10.3 Å². The van der Waals surface area contributed by atoms with Crippen molar-refractivity contribution in [3.63, 3.8) is 0 Å². The third-order valence-electron chi connectivity index (χ3n) is 2.44. The molecule has 0 atom stereocenters. The minimum Gasteiger partial charge on any atom is -0.494 e. The Labute approximate surface area is 110 Å². The quantitative estimate of drug-likeness (QED) is 0.864. The summed E-state index contributed by atoms with van der Waals surface area (Å²) < 4.78 is 5.40. The van der Waals surface area contributed by atoms with Crippen LogP contribution in [-0.2, 0) is 5.88 Å². The zero-order chi connectivity index (χ0) is 13.0. The molecule has 0 aliphatic carbocycles. The largest absolute Gasteiger partial charge is 0.494 e. The average molecular weight is 265 g/mol. The maximum atomic E-state index is 11.6. The fraction of sp³-hybridized carbons (Fsp3) is 0.231. The molecule has 0 spiro atoms. The van der Waals surface area contributed by atoms with Crippen molar-refractivity contribution in [2.75, 3.05) is 6.61 Å². The molecule has 18 heavy (non-hydrogen) atoms. The van der Waals surface area contributed by atoms with Crippen molar-refractivity contribution >= 4 is 11.6 Å². The highest BCUT2D eigenvalue weighted by molar-refractivity contribution is 6.17. The predicted octanol–water partition coefficient (Wildman–Crippen LogP) is 2.57. The fourth-order valence-corrected chi connectivity index (χ4v) is 1.75. The van der Waals surface area contributed by atoms with Crippen molar-refractivity contribution in [2.24, 2.45) is 0 Å². The first-order chi connectivity index (χ1) is 8.74. The van der Waals surface area contributed by atoms with Crippen LogP contribution >= 0.6 is 11.6 Å². The van der Waals surface area contributed by atoms with Gasteiger partial charge in [0, 0.05) is 11.8 Å². The highest BCUT2D eigenvalue weighted by Crippen LogP contribution is 2.20. The monoisotopic (exact) mass is 264 g/mol. The van der Waals surface area contributed by atoms with Gasteiger partial charge in [-0.1, -0.05) is 12.1 Å². The van der Waals surface area contributed by atoms with Gasteiger partial charge in [0.1, 0.15) is 11.6 Å². The number of hydrogen-bond donors (Lipinski definition) is 1. The topological polar surface area (TPSA) is 55.0 Å². The van der Waals surface area contributed by atoms with Crippen molar-refractivity contribution in [3.05, 3.63) is 46.4 Å². The number of rotatable bonds is 4. The number of aromatic amines is 1. The molecule has 2 aromatic rings. The van der Waals surface area contributed by atoms with Gasteiger partial charge in [0.15, 0.2) is 0 Å². The van der Waals surface area contributed by atoms with Crippen LogP contribution in [0.5, 0.6) is 5.75 Å². The van der Waals surface area contributed by atoms with Crippen LogP contribution in [0.4, 0.5) is 0 Å². The molecule has 0 unspecified atom stereocenters. The van der Waals surface area contributed by atoms with Crippen LogP contribution in [0.25, 0.3) is 11.4 Å². The van der Waals surface area contributed by atoms with Gasteiger partial charge in [-0.2, -0.15) is 0 Å². The van der Waals surface area contributed by atoms with Crippen molar-refractivity contribution in [1.29, 1.82) is 0 Å². The molecule has 0 bridgehead atoms. The summed E-state index contributed by atoms with van der Waals surface area (Å²) in [4.78, 5) is 18.5. The van der Waals surface area contributed by atoms with Crippen LogP contribution in [-0.4, -0.2) is 16.6 Å². The average Bonchev–Trinajstić information content (AvgIpc) is 2.39. The number of H-pyrrole nitrogens is 1. The van der Waals surface area contributed by atoms with Gasteiger partial charge in [0.25, 0.3) is 5.56 Å². The summed E-state index contributed by atoms with van der Waals surface area (Å²) in [5.74, 6) is 1.41.